The molecule has 1 aromatic rings. The van der Waals surface area contributed by atoms with Gasteiger partial charge in [0.25, 0.3) is 0 Å². The molecule has 1 aliphatic heterocycles. The van der Waals surface area contributed by atoms with Crippen molar-refractivity contribution in [2.24, 2.45) is 0 Å². The third-order valence-electron chi connectivity index (χ3n) is 2.83. The van der Waals surface area contributed by atoms with Gasteiger partial charge in [0, 0.05) is 13.6 Å². The highest BCUT2D eigenvalue weighted by Crippen LogP contribution is 2.32. The van der Waals surface area contributed by atoms with Crippen LogP contribution >= 0.6 is 0 Å². The molecule has 0 radical (unpaired) electrons. The number of likely N-dealkylation sites (N-methyl/N-ethyl adjacent to an activating group) is 1. The van der Waals surface area contributed by atoms with Gasteiger partial charge >= 0.3 is 0 Å². The fourth-order valence-electron chi connectivity index (χ4n) is 1.72. The van der Waals surface area contributed by atoms with E-state index >= 15 is 0 Å². The summed E-state index contributed by atoms with van der Waals surface area (Å²) >= 11 is 0. The predicted octanol–water partition coefficient (Wildman–Crippen LogP) is 1.33. The number of ether oxygens (including phenoxy) is 2. The SMILES string of the molecule is CN(CCc1ccc2c(c1)OCO2)C(=O)CC#N. The second-order valence-electron chi connectivity index (χ2n) is 4.09. The summed E-state index contributed by atoms with van der Waals surface area (Å²) in [6.07, 6.45) is 0.655. The van der Waals surface area contributed by atoms with Crippen molar-refractivity contribution in [3.63, 3.8) is 0 Å². The van der Waals surface area contributed by atoms with E-state index in [-0.39, 0.29) is 19.1 Å². The van der Waals surface area contributed by atoms with E-state index in [1.54, 1.807) is 11.9 Å². The molecule has 0 saturated heterocycles. The van der Waals surface area contributed by atoms with Gasteiger partial charge in [-0.2, -0.15) is 5.26 Å². The van der Waals surface area contributed by atoms with Crippen LogP contribution in [0.15, 0.2) is 18.2 Å². The minimum atomic E-state index is -0.154. The number of carbonyl (C=O) groups excluding carboxylic acids is 1. The number of nitriles is 1. The van der Waals surface area contributed by atoms with Gasteiger partial charge in [-0.1, -0.05) is 6.07 Å². The summed E-state index contributed by atoms with van der Waals surface area (Å²) in [5.41, 5.74) is 1.08. The van der Waals surface area contributed by atoms with Gasteiger partial charge < -0.3 is 14.4 Å². The molecule has 0 fully saturated rings. The van der Waals surface area contributed by atoms with Crippen LogP contribution in [0.4, 0.5) is 0 Å². The van der Waals surface area contributed by atoms with E-state index in [1.807, 2.05) is 24.3 Å². The van der Waals surface area contributed by atoms with Crippen LogP contribution < -0.4 is 9.47 Å². The summed E-state index contributed by atoms with van der Waals surface area (Å²) in [7, 11) is 1.70. The maximum absolute atomic E-state index is 11.4. The van der Waals surface area contributed by atoms with Crippen molar-refractivity contribution in [1.29, 1.82) is 5.26 Å². The number of carbonyl (C=O) groups is 1. The Labute approximate surface area is 106 Å². The second-order valence-corrected chi connectivity index (χ2v) is 4.09. The number of amides is 1. The molecule has 1 heterocycles. The highest BCUT2D eigenvalue weighted by atomic mass is 16.7. The summed E-state index contributed by atoms with van der Waals surface area (Å²) in [5, 5.41) is 8.45. The Balaban J connectivity index is 1.91. The van der Waals surface area contributed by atoms with Crippen molar-refractivity contribution in [1.82, 2.24) is 4.90 Å². The molecule has 1 aromatic carbocycles. The van der Waals surface area contributed by atoms with E-state index in [2.05, 4.69) is 0 Å². The minimum absolute atomic E-state index is 0.0718. The van der Waals surface area contributed by atoms with Crippen molar-refractivity contribution in [3.8, 4) is 17.6 Å². The molecule has 0 atom stereocenters. The Morgan fingerprint density at radius 1 is 1.44 bits per heavy atom. The lowest BCUT2D eigenvalue weighted by Gasteiger charge is -2.15. The van der Waals surface area contributed by atoms with E-state index in [1.165, 1.54) is 0 Å². The maximum Gasteiger partial charge on any atom is 0.236 e. The van der Waals surface area contributed by atoms with Gasteiger partial charge in [-0.05, 0) is 24.1 Å². The van der Waals surface area contributed by atoms with Crippen LogP contribution in [0, 0.1) is 11.3 Å². The molecular formula is C13H14N2O3. The summed E-state index contributed by atoms with van der Waals surface area (Å²) in [6.45, 7) is 0.847. The van der Waals surface area contributed by atoms with Gasteiger partial charge in [-0.3, -0.25) is 4.79 Å². The summed E-state index contributed by atoms with van der Waals surface area (Å²) in [5.74, 6) is 1.35. The quantitative estimate of drug-likeness (QED) is 0.804. The molecule has 18 heavy (non-hydrogen) atoms. The highest BCUT2D eigenvalue weighted by Gasteiger charge is 2.14. The number of rotatable bonds is 4. The Morgan fingerprint density at radius 2 is 2.22 bits per heavy atom. The van der Waals surface area contributed by atoms with Crippen LogP contribution in [-0.4, -0.2) is 31.2 Å². The van der Waals surface area contributed by atoms with Crippen molar-refractivity contribution in [2.45, 2.75) is 12.8 Å². The summed E-state index contributed by atoms with van der Waals surface area (Å²) in [6, 6.07) is 7.60. The zero-order valence-corrected chi connectivity index (χ0v) is 10.2. The molecule has 1 amide bonds. The summed E-state index contributed by atoms with van der Waals surface area (Å²) < 4.78 is 10.5. The molecule has 0 aromatic heterocycles. The van der Waals surface area contributed by atoms with Gasteiger partial charge in [-0.15, -0.1) is 0 Å². The molecule has 1 aliphatic rings. The normalized spacial score (nSPS) is 12.0. The molecule has 0 saturated carbocycles. The van der Waals surface area contributed by atoms with Gasteiger partial charge in [0.05, 0.1) is 6.07 Å². The zero-order valence-electron chi connectivity index (χ0n) is 10.2. The molecule has 5 heteroatoms. The van der Waals surface area contributed by atoms with Gasteiger partial charge in [0.2, 0.25) is 12.7 Å². The van der Waals surface area contributed by atoms with E-state index < -0.39 is 0 Å². The average molecular weight is 246 g/mol. The topological polar surface area (TPSA) is 62.6 Å². The van der Waals surface area contributed by atoms with E-state index in [9.17, 15) is 4.79 Å². The smallest absolute Gasteiger partial charge is 0.236 e. The standard InChI is InChI=1S/C13H14N2O3/c1-15(13(16)4-6-14)7-5-10-2-3-11-12(8-10)18-9-17-11/h2-3,8H,4-5,7,9H2,1H3. The predicted molar refractivity (Wildman–Crippen MR) is 64.1 cm³/mol. The molecular weight excluding hydrogens is 232 g/mol. The number of benzene rings is 1. The van der Waals surface area contributed by atoms with Crippen LogP contribution in [0.25, 0.3) is 0 Å². The largest absolute Gasteiger partial charge is 0.454 e. The lowest BCUT2D eigenvalue weighted by Crippen LogP contribution is -2.28. The molecule has 0 spiro atoms. The number of hydrogen-bond donors (Lipinski definition) is 0. The molecule has 0 bridgehead atoms. The molecule has 2 rings (SSSR count). The van der Waals surface area contributed by atoms with Gasteiger partial charge in [0.1, 0.15) is 6.42 Å². The van der Waals surface area contributed by atoms with Crippen LogP contribution in [-0.2, 0) is 11.2 Å². The van der Waals surface area contributed by atoms with E-state index in [4.69, 9.17) is 14.7 Å². The first-order valence-electron chi connectivity index (χ1n) is 5.70. The van der Waals surface area contributed by atoms with E-state index in [0.717, 1.165) is 23.5 Å². The van der Waals surface area contributed by atoms with Crippen LogP contribution in [0.1, 0.15) is 12.0 Å². The molecule has 0 unspecified atom stereocenters. The molecule has 0 aliphatic carbocycles. The first-order valence-corrected chi connectivity index (χ1v) is 5.70. The van der Waals surface area contributed by atoms with Crippen molar-refractivity contribution in [3.05, 3.63) is 23.8 Å². The number of fused-ring (bicyclic) bond motifs is 1. The van der Waals surface area contributed by atoms with Gasteiger partial charge in [0.15, 0.2) is 11.5 Å². The van der Waals surface area contributed by atoms with Crippen molar-refractivity contribution < 1.29 is 14.3 Å². The fourth-order valence-corrected chi connectivity index (χ4v) is 1.72. The zero-order chi connectivity index (χ0) is 13.0. The Bertz CT molecular complexity index is 493. The van der Waals surface area contributed by atoms with Crippen LogP contribution in [0.2, 0.25) is 0 Å². The lowest BCUT2D eigenvalue weighted by atomic mass is 10.1. The molecule has 0 N–H and O–H groups in total. The first-order chi connectivity index (χ1) is 8.70. The monoisotopic (exact) mass is 246 g/mol. The van der Waals surface area contributed by atoms with Crippen LogP contribution in [0.5, 0.6) is 11.5 Å². The molecule has 5 nitrogen and oxygen atoms in total. The fraction of sp³-hybridized carbons (Fsp3) is 0.385. The van der Waals surface area contributed by atoms with E-state index in [0.29, 0.717) is 6.54 Å². The number of hydrogen-bond acceptors (Lipinski definition) is 4. The number of nitrogens with zero attached hydrogens (tertiary/aromatic N) is 2. The minimum Gasteiger partial charge on any atom is -0.454 e. The first kappa shape index (κ1) is 12.2. The maximum atomic E-state index is 11.4. The third-order valence-corrected chi connectivity index (χ3v) is 2.83. The second kappa shape index (κ2) is 5.41. The highest BCUT2D eigenvalue weighted by molar-refractivity contribution is 5.77. The van der Waals surface area contributed by atoms with Crippen LogP contribution in [0.3, 0.4) is 0 Å². The molecule has 94 valence electrons. The Hall–Kier alpha value is -2.22. The Morgan fingerprint density at radius 3 is 3.00 bits per heavy atom. The summed E-state index contributed by atoms with van der Waals surface area (Å²) in [4.78, 5) is 13.0. The van der Waals surface area contributed by atoms with Crippen molar-refractivity contribution in [2.75, 3.05) is 20.4 Å². The van der Waals surface area contributed by atoms with Gasteiger partial charge in [-0.25, -0.2) is 0 Å². The third kappa shape index (κ3) is 2.72. The lowest BCUT2D eigenvalue weighted by molar-refractivity contribution is -0.128. The Kier molecular flexibility index (Phi) is 3.68. The van der Waals surface area contributed by atoms with Crippen molar-refractivity contribution >= 4 is 5.91 Å². The average Bonchev–Trinajstić information content (AvgIpc) is 2.83.